The number of thiazole rings is 1. The molecule has 122 valence electrons. The molecule has 3 rings (SSSR count). The van der Waals surface area contributed by atoms with E-state index in [-0.39, 0.29) is 5.91 Å². The van der Waals surface area contributed by atoms with Crippen LogP contribution in [0.25, 0.3) is 0 Å². The zero-order chi connectivity index (χ0) is 16.3. The van der Waals surface area contributed by atoms with Crippen molar-refractivity contribution >= 4 is 34.7 Å². The molecule has 0 radical (unpaired) electrons. The highest BCUT2D eigenvalue weighted by molar-refractivity contribution is 8.01. The molecule has 2 aromatic rings. The summed E-state index contributed by atoms with van der Waals surface area (Å²) in [6, 6.07) is 7.74. The van der Waals surface area contributed by atoms with E-state index < -0.39 is 5.54 Å². The van der Waals surface area contributed by atoms with Gasteiger partial charge in [0.25, 0.3) is 0 Å². The molecule has 0 saturated carbocycles. The molecule has 7 heteroatoms. The highest BCUT2D eigenvalue weighted by Crippen LogP contribution is 2.31. The molecule has 1 saturated heterocycles. The Morgan fingerprint density at radius 3 is 2.65 bits per heavy atom. The lowest BCUT2D eigenvalue weighted by atomic mass is 9.90. The summed E-state index contributed by atoms with van der Waals surface area (Å²) in [5.41, 5.74) is 7.14. The monoisotopic (exact) mass is 349 g/mol. The molecule has 23 heavy (non-hydrogen) atoms. The topological polar surface area (TPSA) is 77.2 Å². The average molecular weight is 349 g/mol. The highest BCUT2D eigenvalue weighted by Gasteiger charge is 2.35. The first-order chi connectivity index (χ1) is 11.0. The van der Waals surface area contributed by atoms with Gasteiger partial charge in [-0.05, 0) is 44.0 Å². The van der Waals surface area contributed by atoms with Crippen molar-refractivity contribution in [1.82, 2.24) is 4.98 Å². The summed E-state index contributed by atoms with van der Waals surface area (Å²) in [7, 11) is 0. The number of nitrogens with one attached hydrogen (secondary N) is 1. The molecule has 2 heterocycles. The third-order valence-corrected chi connectivity index (χ3v) is 5.82. The fourth-order valence-corrected chi connectivity index (χ4v) is 4.11. The van der Waals surface area contributed by atoms with Crippen molar-refractivity contribution in [3.63, 3.8) is 0 Å². The molecule has 1 aliphatic rings. The highest BCUT2D eigenvalue weighted by atomic mass is 32.2. The number of hydrogen-bond donors (Lipinski definition) is 2. The molecule has 1 aromatic carbocycles. The Labute approximate surface area is 143 Å². The molecule has 0 atom stereocenters. The predicted molar refractivity (Wildman–Crippen MR) is 93.0 cm³/mol. The lowest BCUT2D eigenvalue weighted by Gasteiger charge is -2.31. The van der Waals surface area contributed by atoms with Crippen LogP contribution in [-0.2, 0) is 9.53 Å². The number of ether oxygens (including phenoxy) is 1. The minimum Gasteiger partial charge on any atom is -0.381 e. The lowest BCUT2D eigenvalue weighted by Crippen LogP contribution is -2.54. The van der Waals surface area contributed by atoms with Crippen LogP contribution < -0.4 is 11.1 Å². The number of aryl methyl sites for hydroxylation is 1. The largest absolute Gasteiger partial charge is 0.381 e. The average Bonchev–Trinajstić information content (AvgIpc) is 2.95. The van der Waals surface area contributed by atoms with E-state index in [1.807, 2.05) is 36.6 Å². The summed E-state index contributed by atoms with van der Waals surface area (Å²) >= 11 is 3.25. The Morgan fingerprint density at radius 1 is 1.35 bits per heavy atom. The molecule has 0 bridgehead atoms. The Bertz CT molecular complexity index is 679. The fourth-order valence-electron chi connectivity index (χ4n) is 2.30. The summed E-state index contributed by atoms with van der Waals surface area (Å²) in [4.78, 5) is 17.9. The van der Waals surface area contributed by atoms with Crippen LogP contribution in [0.5, 0.6) is 0 Å². The minimum atomic E-state index is -0.829. The zero-order valence-electron chi connectivity index (χ0n) is 12.9. The zero-order valence-corrected chi connectivity index (χ0v) is 14.5. The molecular weight excluding hydrogens is 330 g/mol. The first-order valence-corrected chi connectivity index (χ1v) is 9.13. The second-order valence-corrected chi connectivity index (χ2v) is 7.78. The Kier molecular flexibility index (Phi) is 5.01. The van der Waals surface area contributed by atoms with Gasteiger partial charge in [0.05, 0.1) is 0 Å². The van der Waals surface area contributed by atoms with Crippen molar-refractivity contribution in [2.24, 2.45) is 5.73 Å². The molecule has 1 aromatic heterocycles. The molecule has 1 aliphatic heterocycles. The standard InChI is InChI=1S/C16H19N3O2S2/c1-11-10-22-15(18-11)23-13-4-2-12(3-5-13)19-14(20)16(17)6-8-21-9-7-16/h2-5,10H,6-9,17H2,1H3,(H,19,20). The van der Waals surface area contributed by atoms with E-state index in [0.29, 0.717) is 26.1 Å². The normalized spacial score (nSPS) is 17.0. The first-order valence-electron chi connectivity index (χ1n) is 7.43. The predicted octanol–water partition coefficient (Wildman–Crippen LogP) is 3.05. The Balaban J connectivity index is 1.62. The van der Waals surface area contributed by atoms with Crippen LogP contribution in [-0.4, -0.2) is 29.6 Å². The molecular formula is C16H19N3O2S2. The number of hydrogen-bond acceptors (Lipinski definition) is 6. The molecule has 0 aliphatic carbocycles. The van der Waals surface area contributed by atoms with Gasteiger partial charge in [-0.15, -0.1) is 11.3 Å². The van der Waals surface area contributed by atoms with Crippen LogP contribution in [0.3, 0.4) is 0 Å². The van der Waals surface area contributed by atoms with Crippen molar-refractivity contribution in [2.75, 3.05) is 18.5 Å². The Hall–Kier alpha value is -1.41. The summed E-state index contributed by atoms with van der Waals surface area (Å²) in [6.07, 6.45) is 1.10. The van der Waals surface area contributed by atoms with Gasteiger partial charge in [0.15, 0.2) is 4.34 Å². The van der Waals surface area contributed by atoms with Crippen molar-refractivity contribution in [3.8, 4) is 0 Å². The van der Waals surface area contributed by atoms with Crippen molar-refractivity contribution in [3.05, 3.63) is 35.3 Å². The summed E-state index contributed by atoms with van der Waals surface area (Å²) < 4.78 is 6.29. The van der Waals surface area contributed by atoms with Crippen LogP contribution in [0, 0.1) is 6.92 Å². The number of benzene rings is 1. The van der Waals surface area contributed by atoms with Gasteiger partial charge < -0.3 is 15.8 Å². The van der Waals surface area contributed by atoms with Crippen LogP contribution in [0.15, 0.2) is 38.9 Å². The van der Waals surface area contributed by atoms with Gasteiger partial charge in [-0.3, -0.25) is 4.79 Å². The van der Waals surface area contributed by atoms with Gasteiger partial charge >= 0.3 is 0 Å². The quantitative estimate of drug-likeness (QED) is 0.887. The van der Waals surface area contributed by atoms with Crippen LogP contribution in [0.2, 0.25) is 0 Å². The molecule has 3 N–H and O–H groups in total. The van der Waals surface area contributed by atoms with Gasteiger partial charge in [-0.25, -0.2) is 4.98 Å². The van der Waals surface area contributed by atoms with Crippen LogP contribution >= 0.6 is 23.1 Å². The first kappa shape index (κ1) is 16.4. The van der Waals surface area contributed by atoms with E-state index in [0.717, 1.165) is 20.6 Å². The third kappa shape index (κ3) is 4.11. The maximum atomic E-state index is 12.4. The van der Waals surface area contributed by atoms with E-state index in [9.17, 15) is 4.79 Å². The van der Waals surface area contributed by atoms with Crippen molar-refractivity contribution < 1.29 is 9.53 Å². The number of carbonyl (C=O) groups excluding carboxylic acids is 1. The second-order valence-electron chi connectivity index (χ2n) is 5.60. The summed E-state index contributed by atoms with van der Waals surface area (Å²) in [5, 5.41) is 4.94. The smallest absolute Gasteiger partial charge is 0.244 e. The van der Waals surface area contributed by atoms with Gasteiger partial charge in [0.2, 0.25) is 5.91 Å². The number of nitrogens with zero attached hydrogens (tertiary/aromatic N) is 1. The second kappa shape index (κ2) is 7.00. The maximum absolute atomic E-state index is 12.4. The molecule has 0 unspecified atom stereocenters. The molecule has 0 spiro atoms. The third-order valence-electron chi connectivity index (χ3n) is 3.75. The van der Waals surface area contributed by atoms with Crippen LogP contribution in [0.1, 0.15) is 18.5 Å². The number of carbonyl (C=O) groups is 1. The van der Waals surface area contributed by atoms with Crippen molar-refractivity contribution in [2.45, 2.75) is 34.5 Å². The van der Waals surface area contributed by atoms with Gasteiger partial charge in [0, 0.05) is 34.9 Å². The van der Waals surface area contributed by atoms with E-state index in [1.54, 1.807) is 23.1 Å². The number of nitrogens with two attached hydrogens (primary N) is 1. The lowest BCUT2D eigenvalue weighted by molar-refractivity contribution is -0.124. The number of aromatic nitrogens is 1. The summed E-state index contributed by atoms with van der Waals surface area (Å²) in [5.74, 6) is -0.142. The number of anilines is 1. The maximum Gasteiger partial charge on any atom is 0.244 e. The van der Waals surface area contributed by atoms with E-state index in [4.69, 9.17) is 10.5 Å². The number of amides is 1. The van der Waals surface area contributed by atoms with E-state index in [1.165, 1.54) is 0 Å². The van der Waals surface area contributed by atoms with Crippen molar-refractivity contribution in [1.29, 1.82) is 0 Å². The summed E-state index contributed by atoms with van der Waals surface area (Å²) in [6.45, 7) is 3.05. The Morgan fingerprint density at radius 2 is 2.04 bits per heavy atom. The number of rotatable bonds is 4. The molecule has 1 fully saturated rings. The molecule has 1 amide bonds. The SMILES string of the molecule is Cc1csc(Sc2ccc(NC(=O)C3(N)CCOCC3)cc2)n1. The van der Waals surface area contributed by atoms with E-state index >= 15 is 0 Å². The fraction of sp³-hybridized carbons (Fsp3) is 0.375. The van der Waals surface area contributed by atoms with Gasteiger partial charge in [0.1, 0.15) is 5.54 Å². The molecule has 5 nitrogen and oxygen atoms in total. The van der Waals surface area contributed by atoms with Gasteiger partial charge in [-0.1, -0.05) is 11.8 Å². The van der Waals surface area contributed by atoms with E-state index in [2.05, 4.69) is 10.3 Å². The minimum absolute atomic E-state index is 0.142. The van der Waals surface area contributed by atoms with Gasteiger partial charge in [-0.2, -0.15) is 0 Å². The van der Waals surface area contributed by atoms with Crippen LogP contribution in [0.4, 0.5) is 5.69 Å².